The molecule has 0 spiro atoms. The topological polar surface area (TPSA) is 79.3 Å². The highest BCUT2D eigenvalue weighted by molar-refractivity contribution is 5.97. The largest absolute Gasteiger partial charge is 0.322 e. The fraction of sp³-hybridized carbons (Fsp3) is 0.233. The van der Waals surface area contributed by atoms with Gasteiger partial charge in [-0.3, -0.25) is 4.79 Å². The second-order valence-corrected chi connectivity index (χ2v) is 9.72. The van der Waals surface area contributed by atoms with Crippen LogP contribution in [0, 0.1) is 25.6 Å². The van der Waals surface area contributed by atoms with E-state index in [0.717, 1.165) is 22.4 Å². The lowest BCUT2D eigenvalue weighted by Gasteiger charge is -2.24. The van der Waals surface area contributed by atoms with Crippen molar-refractivity contribution < 1.29 is 14.0 Å². The minimum absolute atomic E-state index is 0.0621. The maximum Gasteiger partial charge on any atom is 0.322 e. The lowest BCUT2D eigenvalue weighted by atomic mass is 10.1. The fourth-order valence-electron chi connectivity index (χ4n) is 4.22. The number of aromatic nitrogens is 2. The summed E-state index contributed by atoms with van der Waals surface area (Å²) in [6.45, 7) is 8.02. The molecule has 0 fully saturated rings. The average molecular weight is 514 g/mol. The van der Waals surface area contributed by atoms with Gasteiger partial charge in [0, 0.05) is 18.2 Å². The summed E-state index contributed by atoms with van der Waals surface area (Å²) in [5.74, 6) is -0.347. The Morgan fingerprint density at radius 3 is 2.34 bits per heavy atom. The van der Waals surface area contributed by atoms with Crippen molar-refractivity contribution in [2.75, 3.05) is 23.7 Å². The van der Waals surface area contributed by atoms with Crippen LogP contribution in [-0.2, 0) is 4.79 Å². The number of nitrogens with zero attached hydrogens (tertiary/aromatic N) is 3. The molecule has 38 heavy (non-hydrogen) atoms. The van der Waals surface area contributed by atoms with Crippen molar-refractivity contribution in [3.63, 3.8) is 0 Å². The number of halogens is 1. The first-order valence-corrected chi connectivity index (χ1v) is 12.5. The van der Waals surface area contributed by atoms with Gasteiger partial charge in [-0.05, 0) is 43.5 Å². The summed E-state index contributed by atoms with van der Waals surface area (Å²) in [5, 5.41) is 10.3. The highest BCUT2D eigenvalue weighted by Gasteiger charge is 2.21. The van der Waals surface area contributed by atoms with Crippen LogP contribution in [0.25, 0.3) is 16.9 Å². The van der Waals surface area contributed by atoms with E-state index in [1.807, 2.05) is 76.2 Å². The van der Waals surface area contributed by atoms with Crippen LogP contribution in [0.4, 0.5) is 20.7 Å². The van der Waals surface area contributed by atoms with Crippen LogP contribution in [-0.4, -0.2) is 39.7 Å². The van der Waals surface area contributed by atoms with E-state index in [0.29, 0.717) is 18.1 Å². The third kappa shape index (κ3) is 6.45. The maximum atomic E-state index is 14.1. The normalized spacial score (nSPS) is 10.9. The molecule has 2 N–H and O–H groups in total. The first kappa shape index (κ1) is 26.6. The summed E-state index contributed by atoms with van der Waals surface area (Å²) in [5.41, 5.74) is 4.65. The Balaban J connectivity index is 1.60. The second kappa shape index (κ2) is 11.7. The first-order chi connectivity index (χ1) is 18.2. The average Bonchev–Trinajstić information content (AvgIpc) is 3.28. The van der Waals surface area contributed by atoms with Crippen molar-refractivity contribution in [2.45, 2.75) is 27.7 Å². The summed E-state index contributed by atoms with van der Waals surface area (Å²) >= 11 is 0. The molecule has 0 saturated heterocycles. The van der Waals surface area contributed by atoms with Crippen LogP contribution in [0.1, 0.15) is 25.0 Å². The number of amides is 3. The fourth-order valence-corrected chi connectivity index (χ4v) is 4.22. The van der Waals surface area contributed by atoms with Crippen LogP contribution < -0.4 is 10.6 Å². The Hall–Kier alpha value is -4.46. The Morgan fingerprint density at radius 2 is 1.66 bits per heavy atom. The number of aryl methyl sites for hydroxylation is 2. The van der Waals surface area contributed by atoms with Crippen molar-refractivity contribution in [3.8, 4) is 16.9 Å². The zero-order valence-corrected chi connectivity index (χ0v) is 22.0. The van der Waals surface area contributed by atoms with Crippen molar-refractivity contribution in [1.29, 1.82) is 0 Å². The summed E-state index contributed by atoms with van der Waals surface area (Å²) in [4.78, 5) is 27.6. The van der Waals surface area contributed by atoms with Gasteiger partial charge in [0.05, 0.1) is 17.1 Å². The quantitative estimate of drug-likeness (QED) is 0.285. The Labute approximate surface area is 222 Å². The molecule has 0 radical (unpaired) electrons. The minimum Gasteiger partial charge on any atom is -0.315 e. The molecule has 0 aliphatic carbocycles. The number of hydrogen-bond acceptors (Lipinski definition) is 3. The summed E-state index contributed by atoms with van der Waals surface area (Å²) in [6.07, 6.45) is 0. The third-order valence-corrected chi connectivity index (χ3v) is 5.95. The monoisotopic (exact) mass is 513 g/mol. The molecule has 0 unspecified atom stereocenters. The molecule has 0 aliphatic heterocycles. The number of urea groups is 1. The predicted molar refractivity (Wildman–Crippen MR) is 149 cm³/mol. The first-order valence-electron chi connectivity index (χ1n) is 12.5. The second-order valence-electron chi connectivity index (χ2n) is 9.72. The van der Waals surface area contributed by atoms with Crippen molar-refractivity contribution in [2.24, 2.45) is 5.92 Å². The molecule has 4 rings (SSSR count). The van der Waals surface area contributed by atoms with Crippen LogP contribution in [0.15, 0.2) is 78.9 Å². The number of para-hydroxylation sites is 1. The van der Waals surface area contributed by atoms with Gasteiger partial charge >= 0.3 is 6.03 Å². The van der Waals surface area contributed by atoms with E-state index >= 15 is 0 Å². The molecule has 0 saturated carbocycles. The van der Waals surface area contributed by atoms with E-state index in [2.05, 4.69) is 16.7 Å². The molecule has 0 bridgehead atoms. The number of hydrogen-bond donors (Lipinski definition) is 2. The van der Waals surface area contributed by atoms with E-state index in [-0.39, 0.29) is 24.1 Å². The van der Waals surface area contributed by atoms with Gasteiger partial charge in [-0.1, -0.05) is 74.0 Å². The zero-order chi connectivity index (χ0) is 27.2. The summed E-state index contributed by atoms with van der Waals surface area (Å²) in [6, 6.07) is 22.9. The molecular weight excluding hydrogens is 481 g/mol. The van der Waals surface area contributed by atoms with Crippen molar-refractivity contribution in [1.82, 2.24) is 14.7 Å². The number of anilines is 2. The number of carbonyl (C=O) groups excluding carboxylic acids is 2. The van der Waals surface area contributed by atoms with Crippen LogP contribution in [0.3, 0.4) is 0 Å². The van der Waals surface area contributed by atoms with Gasteiger partial charge in [0.1, 0.15) is 18.2 Å². The number of benzene rings is 3. The van der Waals surface area contributed by atoms with Crippen LogP contribution in [0.5, 0.6) is 0 Å². The maximum absolute atomic E-state index is 14.1. The van der Waals surface area contributed by atoms with Gasteiger partial charge in [-0.25, -0.2) is 13.9 Å². The predicted octanol–water partition coefficient (Wildman–Crippen LogP) is 6.42. The van der Waals surface area contributed by atoms with E-state index in [1.165, 1.54) is 17.0 Å². The number of carbonyl (C=O) groups is 2. The molecule has 1 heterocycles. The molecule has 1 aromatic heterocycles. The van der Waals surface area contributed by atoms with E-state index in [1.54, 1.807) is 16.8 Å². The highest BCUT2D eigenvalue weighted by Crippen LogP contribution is 2.27. The molecule has 7 nitrogen and oxygen atoms in total. The van der Waals surface area contributed by atoms with Crippen molar-refractivity contribution >= 4 is 23.4 Å². The van der Waals surface area contributed by atoms with Gasteiger partial charge in [0.15, 0.2) is 0 Å². The molecule has 3 amide bonds. The third-order valence-electron chi connectivity index (χ3n) is 5.95. The molecule has 196 valence electrons. The summed E-state index contributed by atoms with van der Waals surface area (Å²) in [7, 11) is 0. The lowest BCUT2D eigenvalue weighted by Crippen LogP contribution is -2.42. The molecule has 0 atom stereocenters. The zero-order valence-electron chi connectivity index (χ0n) is 22.0. The van der Waals surface area contributed by atoms with E-state index < -0.39 is 11.8 Å². The lowest BCUT2D eigenvalue weighted by molar-refractivity contribution is -0.116. The van der Waals surface area contributed by atoms with Gasteiger partial charge < -0.3 is 15.5 Å². The SMILES string of the molecule is Cc1ccc(-n2nc(-c3ccccc3)cc2NC(=O)CN(CC(C)C)C(=O)Nc2ccccc2F)c(C)c1. The highest BCUT2D eigenvalue weighted by atomic mass is 19.1. The van der Waals surface area contributed by atoms with Crippen LogP contribution >= 0.6 is 0 Å². The molecule has 3 aromatic carbocycles. The summed E-state index contributed by atoms with van der Waals surface area (Å²) < 4.78 is 15.8. The Bertz CT molecular complexity index is 1430. The van der Waals surface area contributed by atoms with Gasteiger partial charge in [-0.2, -0.15) is 5.10 Å². The van der Waals surface area contributed by atoms with Gasteiger partial charge in [0.25, 0.3) is 0 Å². The van der Waals surface area contributed by atoms with Crippen LogP contribution in [0.2, 0.25) is 0 Å². The molecule has 8 heteroatoms. The van der Waals surface area contributed by atoms with E-state index in [9.17, 15) is 14.0 Å². The smallest absolute Gasteiger partial charge is 0.315 e. The van der Waals surface area contributed by atoms with Crippen molar-refractivity contribution in [3.05, 3.63) is 95.8 Å². The Morgan fingerprint density at radius 1 is 0.947 bits per heavy atom. The minimum atomic E-state index is -0.549. The number of rotatable bonds is 8. The van der Waals surface area contributed by atoms with Gasteiger partial charge in [-0.15, -0.1) is 0 Å². The molecular formula is C30H32FN5O2. The molecule has 4 aromatic rings. The Kier molecular flexibility index (Phi) is 8.21. The standard InChI is InChI=1S/C30H32FN5O2/c1-20(2)18-35(30(38)32-25-13-9-8-12-24(25)31)19-29(37)33-28-17-26(23-10-6-5-7-11-23)34-36(28)27-15-14-21(3)16-22(27)4/h5-17,20H,18-19H2,1-4H3,(H,32,38)(H,33,37). The van der Waals surface area contributed by atoms with E-state index in [4.69, 9.17) is 5.10 Å². The van der Waals surface area contributed by atoms with Gasteiger partial charge in [0.2, 0.25) is 5.91 Å². The number of nitrogens with one attached hydrogen (secondary N) is 2. The molecule has 0 aliphatic rings.